The highest BCUT2D eigenvalue weighted by atomic mass is 127. The van der Waals surface area contributed by atoms with Crippen LogP contribution in [0.25, 0.3) is 0 Å². The van der Waals surface area contributed by atoms with Crippen molar-refractivity contribution in [3.63, 3.8) is 0 Å². The number of hydrogen-bond donors (Lipinski definition) is 3. The fourth-order valence-corrected chi connectivity index (χ4v) is 3.02. The fourth-order valence-electron chi connectivity index (χ4n) is 2.23. The molecule has 1 saturated carbocycles. The molecule has 4 nitrogen and oxygen atoms in total. The van der Waals surface area contributed by atoms with Gasteiger partial charge in [-0.1, -0.05) is 6.92 Å². The molecule has 0 aromatic carbocycles. The number of rotatable bonds is 6. The van der Waals surface area contributed by atoms with E-state index >= 15 is 0 Å². The van der Waals surface area contributed by atoms with Gasteiger partial charge in [0.15, 0.2) is 5.96 Å². The zero-order chi connectivity index (χ0) is 14.4. The van der Waals surface area contributed by atoms with E-state index in [4.69, 9.17) is 0 Å². The highest BCUT2D eigenvalue weighted by molar-refractivity contribution is 14.0. The Morgan fingerprint density at radius 3 is 2.76 bits per heavy atom. The first kappa shape index (κ1) is 18.7. The molecule has 3 N–H and O–H groups in total. The number of guanidine groups is 1. The van der Waals surface area contributed by atoms with Crippen molar-refractivity contribution in [2.45, 2.75) is 44.6 Å². The molecule has 1 fully saturated rings. The molecule has 21 heavy (non-hydrogen) atoms. The molecule has 1 aliphatic rings. The summed E-state index contributed by atoms with van der Waals surface area (Å²) in [6.45, 7) is 6.43. The van der Waals surface area contributed by atoms with Crippen molar-refractivity contribution in [2.24, 2.45) is 4.99 Å². The monoisotopic (exact) mass is 423 g/mol. The highest BCUT2D eigenvalue weighted by Gasteiger charge is 2.34. The Balaban J connectivity index is 0.00000220. The minimum atomic E-state index is -0.554. The molecule has 0 aliphatic heterocycles. The molecule has 0 amide bonds. The highest BCUT2D eigenvalue weighted by Crippen LogP contribution is 2.31. The molecule has 1 heterocycles. The Hall–Kier alpha value is -0.340. The van der Waals surface area contributed by atoms with Gasteiger partial charge in [-0.3, -0.25) is 4.99 Å². The van der Waals surface area contributed by atoms with Gasteiger partial charge in [0.2, 0.25) is 0 Å². The van der Waals surface area contributed by atoms with E-state index in [1.165, 1.54) is 5.56 Å². The second kappa shape index (κ2) is 8.95. The van der Waals surface area contributed by atoms with Gasteiger partial charge in [-0.05, 0) is 54.5 Å². The number of halogens is 1. The van der Waals surface area contributed by atoms with Crippen molar-refractivity contribution in [1.82, 2.24) is 10.6 Å². The molecule has 2 rings (SSSR count). The summed E-state index contributed by atoms with van der Waals surface area (Å²) in [4.78, 5) is 4.51. The van der Waals surface area contributed by atoms with Gasteiger partial charge >= 0.3 is 0 Å². The van der Waals surface area contributed by atoms with Gasteiger partial charge in [0.1, 0.15) is 0 Å². The van der Waals surface area contributed by atoms with E-state index < -0.39 is 5.60 Å². The molecule has 0 radical (unpaired) electrons. The maximum Gasteiger partial charge on any atom is 0.191 e. The topological polar surface area (TPSA) is 56.7 Å². The van der Waals surface area contributed by atoms with Crippen molar-refractivity contribution in [3.8, 4) is 0 Å². The van der Waals surface area contributed by atoms with Crippen molar-refractivity contribution >= 4 is 41.3 Å². The van der Waals surface area contributed by atoms with Crippen LogP contribution in [0, 0.1) is 0 Å². The zero-order valence-electron chi connectivity index (χ0n) is 12.8. The first-order valence-electron chi connectivity index (χ1n) is 7.39. The van der Waals surface area contributed by atoms with Crippen LogP contribution in [-0.2, 0) is 0 Å². The Morgan fingerprint density at radius 2 is 2.24 bits per heavy atom. The van der Waals surface area contributed by atoms with Crippen LogP contribution in [0.5, 0.6) is 0 Å². The summed E-state index contributed by atoms with van der Waals surface area (Å²) in [6, 6.07) is 2.16. The third-order valence-electron chi connectivity index (χ3n) is 3.85. The van der Waals surface area contributed by atoms with Crippen LogP contribution in [-0.4, -0.2) is 36.3 Å². The second-order valence-electron chi connectivity index (χ2n) is 5.61. The normalized spacial score (nSPS) is 18.3. The molecule has 1 atom stereocenters. The SMILES string of the molecule is CCNC(=NCC1(O)CCC1)NCC(C)c1ccsc1.I. The third-order valence-corrected chi connectivity index (χ3v) is 4.55. The van der Waals surface area contributed by atoms with Crippen LogP contribution in [0.2, 0.25) is 0 Å². The van der Waals surface area contributed by atoms with Gasteiger partial charge in [0.05, 0.1) is 12.1 Å². The largest absolute Gasteiger partial charge is 0.388 e. The van der Waals surface area contributed by atoms with Gasteiger partial charge in [-0.25, -0.2) is 0 Å². The minimum absolute atomic E-state index is 0. The van der Waals surface area contributed by atoms with Crippen LogP contribution < -0.4 is 10.6 Å². The quantitative estimate of drug-likeness (QED) is 0.375. The number of nitrogens with one attached hydrogen (secondary N) is 2. The first-order valence-corrected chi connectivity index (χ1v) is 8.34. The van der Waals surface area contributed by atoms with E-state index in [9.17, 15) is 5.11 Å². The molecule has 1 aromatic rings. The molecule has 0 saturated heterocycles. The van der Waals surface area contributed by atoms with Gasteiger partial charge < -0.3 is 15.7 Å². The summed E-state index contributed by atoms with van der Waals surface area (Å²) >= 11 is 1.73. The van der Waals surface area contributed by atoms with E-state index in [1.54, 1.807) is 11.3 Å². The van der Waals surface area contributed by atoms with E-state index in [0.29, 0.717) is 12.5 Å². The Labute approximate surface area is 148 Å². The zero-order valence-corrected chi connectivity index (χ0v) is 15.9. The van der Waals surface area contributed by atoms with Gasteiger partial charge in [0.25, 0.3) is 0 Å². The van der Waals surface area contributed by atoms with Crippen molar-refractivity contribution in [3.05, 3.63) is 22.4 Å². The lowest BCUT2D eigenvalue weighted by Gasteiger charge is -2.35. The Bertz CT molecular complexity index is 432. The molecule has 1 aromatic heterocycles. The maximum atomic E-state index is 10.1. The lowest BCUT2D eigenvalue weighted by Crippen LogP contribution is -2.43. The van der Waals surface area contributed by atoms with Crippen LogP contribution in [0.4, 0.5) is 0 Å². The average Bonchev–Trinajstić information content (AvgIpc) is 2.93. The van der Waals surface area contributed by atoms with E-state index in [0.717, 1.165) is 38.3 Å². The average molecular weight is 423 g/mol. The van der Waals surface area contributed by atoms with Crippen molar-refractivity contribution < 1.29 is 5.11 Å². The summed E-state index contributed by atoms with van der Waals surface area (Å²) in [6.07, 6.45) is 2.87. The summed E-state index contributed by atoms with van der Waals surface area (Å²) < 4.78 is 0. The molecule has 1 unspecified atom stereocenters. The standard InChI is InChI=1S/C15H25N3OS.HI/c1-3-16-14(18-11-15(19)6-4-7-15)17-9-12(2)13-5-8-20-10-13;/h5,8,10,12,19H,3-4,6-7,9,11H2,1-2H3,(H2,16,17,18);1H. The summed E-state index contributed by atoms with van der Waals surface area (Å²) in [5, 5.41) is 21.0. The molecular formula is C15H26IN3OS. The smallest absolute Gasteiger partial charge is 0.191 e. The fraction of sp³-hybridized carbons (Fsp3) is 0.667. The minimum Gasteiger partial charge on any atom is -0.388 e. The lowest BCUT2D eigenvalue weighted by molar-refractivity contribution is -0.0236. The van der Waals surface area contributed by atoms with Crippen molar-refractivity contribution in [1.29, 1.82) is 0 Å². The van der Waals surface area contributed by atoms with Crippen LogP contribution >= 0.6 is 35.3 Å². The van der Waals surface area contributed by atoms with Gasteiger partial charge in [0, 0.05) is 13.1 Å². The molecule has 0 bridgehead atoms. The van der Waals surface area contributed by atoms with Gasteiger partial charge in [-0.15, -0.1) is 24.0 Å². The molecular weight excluding hydrogens is 397 g/mol. The maximum absolute atomic E-state index is 10.1. The Kier molecular flexibility index (Phi) is 7.97. The van der Waals surface area contributed by atoms with Crippen LogP contribution in [0.3, 0.4) is 0 Å². The number of aliphatic imine (C=N–C) groups is 1. The van der Waals surface area contributed by atoms with Crippen molar-refractivity contribution in [2.75, 3.05) is 19.6 Å². The summed E-state index contributed by atoms with van der Waals surface area (Å²) in [5.74, 6) is 1.26. The van der Waals surface area contributed by atoms with E-state index in [-0.39, 0.29) is 24.0 Å². The Morgan fingerprint density at radius 1 is 1.48 bits per heavy atom. The molecule has 0 spiro atoms. The first-order chi connectivity index (χ1) is 9.63. The molecule has 1 aliphatic carbocycles. The predicted octanol–water partition coefficient (Wildman–Crippen LogP) is 2.94. The number of nitrogens with zero attached hydrogens (tertiary/aromatic N) is 1. The van der Waals surface area contributed by atoms with Gasteiger partial charge in [-0.2, -0.15) is 11.3 Å². The van der Waals surface area contributed by atoms with E-state index in [1.807, 2.05) is 0 Å². The lowest BCUT2D eigenvalue weighted by atomic mass is 9.80. The third kappa shape index (κ3) is 5.75. The molecule has 120 valence electrons. The number of aliphatic hydroxyl groups is 1. The van der Waals surface area contributed by atoms with Crippen LogP contribution in [0.1, 0.15) is 44.6 Å². The predicted molar refractivity (Wildman–Crippen MR) is 101 cm³/mol. The summed E-state index contributed by atoms with van der Waals surface area (Å²) in [5.41, 5.74) is 0.803. The summed E-state index contributed by atoms with van der Waals surface area (Å²) in [7, 11) is 0. The number of thiophene rings is 1. The van der Waals surface area contributed by atoms with E-state index in [2.05, 4.69) is 46.3 Å². The van der Waals surface area contributed by atoms with Crippen LogP contribution in [0.15, 0.2) is 21.8 Å². The molecule has 6 heteroatoms. The second-order valence-corrected chi connectivity index (χ2v) is 6.39. The number of hydrogen-bond acceptors (Lipinski definition) is 3.